The van der Waals surface area contributed by atoms with Crippen molar-refractivity contribution in [2.24, 2.45) is 5.10 Å². The molecule has 0 unspecified atom stereocenters. The molecule has 1 heterocycles. The van der Waals surface area contributed by atoms with Crippen LogP contribution in [0.15, 0.2) is 51.1 Å². The van der Waals surface area contributed by atoms with Crippen LogP contribution in [-0.4, -0.2) is 34.6 Å². The smallest absolute Gasteiger partial charge is 0.349 e. The van der Waals surface area contributed by atoms with Crippen LogP contribution in [0.3, 0.4) is 0 Å². The highest BCUT2D eigenvalue weighted by Crippen LogP contribution is 2.28. The van der Waals surface area contributed by atoms with E-state index in [9.17, 15) is 14.4 Å². The first-order valence-electron chi connectivity index (χ1n) is 8.86. The number of hydrogen-bond donors (Lipinski definition) is 1. The van der Waals surface area contributed by atoms with E-state index in [-0.39, 0.29) is 12.7 Å². The van der Waals surface area contributed by atoms with Crippen LogP contribution in [0.4, 0.5) is 0 Å². The summed E-state index contributed by atoms with van der Waals surface area (Å²) in [5.41, 5.74) is 0.00230. The van der Waals surface area contributed by atoms with Gasteiger partial charge in [0.1, 0.15) is 5.75 Å². The van der Waals surface area contributed by atoms with E-state index < -0.39 is 17.2 Å². The van der Waals surface area contributed by atoms with E-state index in [0.717, 1.165) is 11.8 Å². The largest absolute Gasteiger partial charge is 0.480 e. The average Bonchev–Trinajstić information content (AvgIpc) is 2.66. The predicted molar refractivity (Wildman–Crippen MR) is 130 cm³/mol. The van der Waals surface area contributed by atoms with Crippen LogP contribution in [0.2, 0.25) is 0 Å². The molecule has 0 aliphatic rings. The number of H-pyrrole nitrogens is 1. The summed E-state index contributed by atoms with van der Waals surface area (Å²) in [6.45, 7) is 3.34. The number of aromatic amines is 1. The van der Waals surface area contributed by atoms with E-state index in [0.29, 0.717) is 22.2 Å². The lowest BCUT2D eigenvalue weighted by Crippen LogP contribution is -2.32. The molecule has 0 saturated heterocycles. The molecule has 156 valence electrons. The fourth-order valence-electron chi connectivity index (χ4n) is 2.60. The molecule has 0 aliphatic heterocycles. The molecule has 0 radical (unpaired) electrons. The van der Waals surface area contributed by atoms with Crippen molar-refractivity contribution >= 4 is 68.3 Å². The highest BCUT2D eigenvalue weighted by Gasteiger charge is 2.13. The van der Waals surface area contributed by atoms with Gasteiger partial charge in [0.15, 0.2) is 6.61 Å². The van der Waals surface area contributed by atoms with E-state index >= 15 is 0 Å². The van der Waals surface area contributed by atoms with E-state index in [1.807, 2.05) is 0 Å². The topological polar surface area (TPSA) is 103 Å². The minimum Gasteiger partial charge on any atom is -0.480 e. The molecule has 3 aromatic rings. The molecule has 1 aromatic heterocycles. The van der Waals surface area contributed by atoms with E-state index in [1.54, 1.807) is 50.2 Å². The number of carbonyl (C=O) groups excluding carboxylic acids is 1. The Morgan fingerprint density at radius 2 is 1.87 bits per heavy atom. The van der Waals surface area contributed by atoms with Gasteiger partial charge in [-0.25, -0.2) is 9.59 Å². The lowest BCUT2D eigenvalue weighted by atomic mass is 10.2. The maximum Gasteiger partial charge on any atom is 0.349 e. The van der Waals surface area contributed by atoms with Gasteiger partial charge in [0.2, 0.25) is 0 Å². The Morgan fingerprint density at radius 1 is 1.20 bits per heavy atom. The summed E-state index contributed by atoms with van der Waals surface area (Å²) in [5, 5.41) is 4.43. The van der Waals surface area contributed by atoms with Crippen molar-refractivity contribution in [3.63, 3.8) is 0 Å². The molecule has 3 rings (SSSR count). The molecule has 30 heavy (non-hydrogen) atoms. The summed E-state index contributed by atoms with van der Waals surface area (Å²) in [6.07, 6.45) is 1.21. The summed E-state index contributed by atoms with van der Waals surface area (Å²) >= 11 is 4.17. The second-order valence-electron chi connectivity index (χ2n) is 6.48. The highest BCUT2D eigenvalue weighted by molar-refractivity contribution is 14.1. The number of aromatic nitrogens is 2. The molecule has 10 heteroatoms. The number of para-hydroxylation sites is 1. The summed E-state index contributed by atoms with van der Waals surface area (Å²) in [4.78, 5) is 39.1. The molecule has 0 fully saturated rings. The molecule has 0 amide bonds. The zero-order valence-corrected chi connectivity index (χ0v) is 20.3. The van der Waals surface area contributed by atoms with Crippen LogP contribution in [0.5, 0.6) is 5.75 Å². The first-order valence-corrected chi connectivity index (χ1v) is 11.0. The van der Waals surface area contributed by atoms with Crippen LogP contribution in [-0.2, 0) is 9.53 Å². The Morgan fingerprint density at radius 3 is 2.53 bits per heavy atom. The first kappa shape index (κ1) is 22.5. The number of hydrogen-bond acceptors (Lipinski definition) is 6. The minimum atomic E-state index is -0.622. The molecule has 0 bridgehead atoms. The number of fused-ring (bicyclic) bond motifs is 1. The van der Waals surface area contributed by atoms with Crippen molar-refractivity contribution in [1.82, 2.24) is 9.66 Å². The minimum absolute atomic E-state index is 0.195. The maximum atomic E-state index is 12.5. The molecule has 1 N–H and O–H groups in total. The molecule has 0 aliphatic carbocycles. The predicted octanol–water partition coefficient (Wildman–Crippen LogP) is 3.11. The van der Waals surface area contributed by atoms with Crippen LogP contribution in [0, 0.1) is 7.14 Å². The molecular weight excluding hydrogens is 616 g/mol. The standard InChI is InChI=1S/C20H17I2N3O5/c1-11(2)30-17(26)10-29-18-14(21)7-12(8-15(18)22)9-23-25-19(27)13-5-3-4-6-16(13)24-20(25)28/h3-9,11H,10H2,1-2H3,(H,24,28). The Labute approximate surface area is 198 Å². The third-order valence-corrected chi connectivity index (χ3v) is 5.43. The monoisotopic (exact) mass is 633 g/mol. The normalized spacial score (nSPS) is 11.4. The summed E-state index contributed by atoms with van der Waals surface area (Å²) in [7, 11) is 0. The summed E-state index contributed by atoms with van der Waals surface area (Å²) in [5.74, 6) is 0.104. The number of benzene rings is 2. The highest BCUT2D eigenvalue weighted by atomic mass is 127. The summed E-state index contributed by atoms with van der Waals surface area (Å²) < 4.78 is 12.9. The molecule has 0 spiro atoms. The van der Waals surface area contributed by atoms with E-state index in [1.165, 1.54) is 6.21 Å². The third-order valence-electron chi connectivity index (χ3n) is 3.83. The van der Waals surface area contributed by atoms with Crippen molar-refractivity contribution in [3.8, 4) is 5.75 Å². The number of nitrogens with zero attached hydrogens (tertiary/aromatic N) is 2. The van der Waals surface area contributed by atoms with Crippen molar-refractivity contribution in [2.75, 3.05) is 6.61 Å². The number of ether oxygens (including phenoxy) is 2. The Kier molecular flexibility index (Phi) is 7.28. The van der Waals surface area contributed by atoms with E-state index in [2.05, 4.69) is 55.3 Å². The van der Waals surface area contributed by atoms with Crippen LogP contribution < -0.4 is 16.0 Å². The van der Waals surface area contributed by atoms with Gasteiger partial charge < -0.3 is 14.5 Å². The van der Waals surface area contributed by atoms with Gasteiger partial charge in [-0.05, 0) is 88.9 Å². The van der Waals surface area contributed by atoms with Gasteiger partial charge in [-0.15, -0.1) is 4.68 Å². The van der Waals surface area contributed by atoms with Crippen molar-refractivity contribution in [2.45, 2.75) is 20.0 Å². The zero-order chi connectivity index (χ0) is 21.8. The van der Waals surface area contributed by atoms with Gasteiger partial charge in [-0.3, -0.25) is 4.79 Å². The first-order chi connectivity index (χ1) is 14.3. The maximum absolute atomic E-state index is 12.5. The van der Waals surface area contributed by atoms with Crippen molar-refractivity contribution in [1.29, 1.82) is 0 Å². The number of rotatable bonds is 6. The fraction of sp³-hybridized carbons (Fsp3) is 0.200. The van der Waals surface area contributed by atoms with Gasteiger partial charge in [0.05, 0.1) is 30.4 Å². The van der Waals surface area contributed by atoms with Crippen LogP contribution in [0.1, 0.15) is 19.4 Å². The molecular formula is C20H17I2N3O5. The number of carbonyl (C=O) groups is 1. The Balaban J connectivity index is 1.85. The molecule has 2 aromatic carbocycles. The van der Waals surface area contributed by atoms with E-state index in [4.69, 9.17) is 9.47 Å². The zero-order valence-electron chi connectivity index (χ0n) is 16.0. The molecule has 0 atom stereocenters. The Hall–Kier alpha value is -2.22. The van der Waals surface area contributed by atoms with Gasteiger partial charge in [0, 0.05) is 0 Å². The average molecular weight is 633 g/mol. The second-order valence-corrected chi connectivity index (χ2v) is 8.80. The van der Waals surface area contributed by atoms with Crippen molar-refractivity contribution < 1.29 is 14.3 Å². The SMILES string of the molecule is CC(C)OC(=O)COc1c(I)cc(C=Nn2c(=O)[nH]c3ccccc3c2=O)cc1I. The van der Waals surface area contributed by atoms with Gasteiger partial charge >= 0.3 is 11.7 Å². The number of esters is 1. The lowest BCUT2D eigenvalue weighted by Gasteiger charge is -2.12. The number of halogens is 2. The van der Waals surface area contributed by atoms with Crippen LogP contribution in [0.25, 0.3) is 10.9 Å². The fourth-order valence-corrected chi connectivity index (χ4v) is 4.73. The van der Waals surface area contributed by atoms with Crippen LogP contribution >= 0.6 is 45.2 Å². The van der Waals surface area contributed by atoms with Gasteiger partial charge in [-0.1, -0.05) is 12.1 Å². The van der Waals surface area contributed by atoms with Gasteiger partial charge in [0.25, 0.3) is 5.56 Å². The second kappa shape index (κ2) is 9.73. The lowest BCUT2D eigenvalue weighted by molar-refractivity contribution is -0.149. The number of nitrogens with one attached hydrogen (secondary N) is 1. The Bertz CT molecular complexity index is 1220. The third kappa shape index (κ3) is 5.28. The van der Waals surface area contributed by atoms with Crippen molar-refractivity contribution in [3.05, 3.63) is 69.9 Å². The molecule has 8 nitrogen and oxygen atoms in total. The quantitative estimate of drug-likeness (QED) is 0.256. The van der Waals surface area contributed by atoms with Gasteiger partial charge in [-0.2, -0.15) is 5.10 Å². The summed E-state index contributed by atoms with van der Waals surface area (Å²) in [6, 6.07) is 10.3. The molecule has 0 saturated carbocycles.